The normalized spacial score (nSPS) is 21.6. The molecule has 0 bridgehead atoms. The predicted octanol–water partition coefficient (Wildman–Crippen LogP) is 4.01. The van der Waals surface area contributed by atoms with E-state index in [4.69, 9.17) is 4.74 Å². The molecule has 2 atom stereocenters. The van der Waals surface area contributed by atoms with Crippen LogP contribution in [0.4, 0.5) is 13.2 Å². The number of benzene rings is 1. The van der Waals surface area contributed by atoms with Gasteiger partial charge in [0.15, 0.2) is 0 Å². The first-order chi connectivity index (χ1) is 10.8. The molecule has 0 spiro atoms. The van der Waals surface area contributed by atoms with E-state index in [1.165, 1.54) is 29.2 Å². The zero-order valence-corrected chi connectivity index (χ0v) is 13.4. The van der Waals surface area contributed by atoms with E-state index in [9.17, 15) is 18.0 Å². The van der Waals surface area contributed by atoms with E-state index < -0.39 is 17.7 Å². The van der Waals surface area contributed by atoms with Crippen molar-refractivity contribution in [3.8, 4) is 0 Å². The van der Waals surface area contributed by atoms with Crippen LogP contribution >= 0.6 is 0 Å². The van der Waals surface area contributed by atoms with Crippen molar-refractivity contribution in [3.63, 3.8) is 0 Å². The molecule has 0 aliphatic carbocycles. The van der Waals surface area contributed by atoms with E-state index in [1.54, 1.807) is 26.0 Å². The first-order valence-electron chi connectivity index (χ1n) is 7.43. The highest BCUT2D eigenvalue weighted by Gasteiger charge is 2.64. The topological polar surface area (TPSA) is 29.5 Å². The van der Waals surface area contributed by atoms with Gasteiger partial charge in [-0.05, 0) is 26.7 Å². The molecule has 1 aliphatic rings. The van der Waals surface area contributed by atoms with Gasteiger partial charge < -0.3 is 9.64 Å². The summed E-state index contributed by atoms with van der Waals surface area (Å²) in [4.78, 5) is 14.2. The van der Waals surface area contributed by atoms with E-state index in [-0.39, 0.29) is 11.6 Å². The Kier molecular flexibility index (Phi) is 4.84. The van der Waals surface area contributed by atoms with Crippen LogP contribution in [0.2, 0.25) is 0 Å². The van der Waals surface area contributed by atoms with Crippen LogP contribution in [-0.4, -0.2) is 30.1 Å². The summed E-state index contributed by atoms with van der Waals surface area (Å²) in [6.07, 6.45) is -1.74. The van der Waals surface area contributed by atoms with Gasteiger partial charge >= 0.3 is 6.18 Å². The molecular formula is C17H20F3NO2. The maximum atomic E-state index is 13.9. The third-order valence-corrected chi connectivity index (χ3v) is 4.25. The van der Waals surface area contributed by atoms with Gasteiger partial charge in [-0.25, -0.2) is 0 Å². The Morgan fingerprint density at radius 3 is 2.35 bits per heavy atom. The Morgan fingerprint density at radius 2 is 1.87 bits per heavy atom. The molecule has 0 fully saturated rings. The second-order valence-corrected chi connectivity index (χ2v) is 5.70. The molecule has 2 rings (SSSR count). The van der Waals surface area contributed by atoms with Crippen LogP contribution in [0, 0.1) is 0 Å². The number of nitrogens with zero attached hydrogens (tertiary/aromatic N) is 1. The summed E-state index contributed by atoms with van der Waals surface area (Å²) in [6.45, 7) is 3.39. The molecule has 0 saturated carbocycles. The highest BCUT2D eigenvalue weighted by molar-refractivity contribution is 5.89. The van der Waals surface area contributed by atoms with Crippen LogP contribution in [0.3, 0.4) is 0 Å². The van der Waals surface area contributed by atoms with E-state index in [0.29, 0.717) is 12.1 Å². The molecule has 1 aromatic rings. The lowest BCUT2D eigenvalue weighted by atomic mass is 9.89. The highest BCUT2D eigenvalue weighted by atomic mass is 19.4. The Bertz CT molecular complexity index is 598. The minimum absolute atomic E-state index is 0.217. The van der Waals surface area contributed by atoms with Gasteiger partial charge in [-0.1, -0.05) is 36.4 Å². The second kappa shape index (κ2) is 6.35. The third-order valence-electron chi connectivity index (χ3n) is 4.25. The fourth-order valence-electron chi connectivity index (χ4n) is 3.04. The molecule has 3 nitrogen and oxygen atoms in total. The molecule has 0 N–H and O–H groups in total. The average Bonchev–Trinajstić information content (AvgIpc) is 2.48. The van der Waals surface area contributed by atoms with Crippen molar-refractivity contribution in [1.82, 2.24) is 4.90 Å². The number of alkyl halides is 3. The summed E-state index contributed by atoms with van der Waals surface area (Å²) >= 11 is 0. The van der Waals surface area contributed by atoms with Crippen LogP contribution in [0.1, 0.15) is 32.3 Å². The number of halogens is 3. The third kappa shape index (κ3) is 2.87. The van der Waals surface area contributed by atoms with Gasteiger partial charge in [0.1, 0.15) is 0 Å². The molecule has 1 heterocycles. The van der Waals surface area contributed by atoms with Crippen molar-refractivity contribution in [2.75, 3.05) is 7.11 Å². The molecule has 23 heavy (non-hydrogen) atoms. The number of hydrogen-bond donors (Lipinski definition) is 0. The molecule has 6 heteroatoms. The maximum absolute atomic E-state index is 13.9. The van der Waals surface area contributed by atoms with Crippen molar-refractivity contribution in [2.24, 2.45) is 0 Å². The molecule has 0 aromatic heterocycles. The molecule has 0 radical (unpaired) electrons. The number of amides is 1. The number of methoxy groups -OCH3 is 1. The van der Waals surface area contributed by atoms with Gasteiger partial charge in [0.2, 0.25) is 0 Å². The fourth-order valence-corrected chi connectivity index (χ4v) is 3.04. The van der Waals surface area contributed by atoms with Crippen molar-refractivity contribution in [1.29, 1.82) is 0 Å². The van der Waals surface area contributed by atoms with Crippen molar-refractivity contribution < 1.29 is 22.7 Å². The molecular weight excluding hydrogens is 307 g/mol. The lowest BCUT2D eigenvalue weighted by molar-refractivity contribution is -0.270. The van der Waals surface area contributed by atoms with Crippen LogP contribution < -0.4 is 0 Å². The maximum Gasteiger partial charge on any atom is 0.430 e. The van der Waals surface area contributed by atoms with Crippen LogP contribution in [-0.2, 0) is 15.1 Å². The number of carbonyl (C=O) groups is 1. The Hall–Kier alpha value is -1.82. The Balaban J connectivity index is 2.61. The molecule has 1 amide bonds. The summed E-state index contributed by atoms with van der Waals surface area (Å²) < 4.78 is 46.6. The summed E-state index contributed by atoms with van der Waals surface area (Å²) in [5, 5.41) is 0. The van der Waals surface area contributed by atoms with Gasteiger partial charge in [-0.2, -0.15) is 13.2 Å². The molecule has 0 saturated heterocycles. The SMILES string of the molecule is CO[C@@](C(=O)N1C(C)=CCC[C@@H]1C)(c1ccccc1)C(F)(F)F. The van der Waals surface area contributed by atoms with Crippen LogP contribution in [0.15, 0.2) is 42.1 Å². The van der Waals surface area contributed by atoms with Crippen molar-refractivity contribution in [2.45, 2.75) is 44.5 Å². The predicted molar refractivity (Wildman–Crippen MR) is 80.5 cm³/mol. The smallest absolute Gasteiger partial charge is 0.356 e. The number of allylic oxidation sites excluding steroid dienone is 2. The van der Waals surface area contributed by atoms with Crippen molar-refractivity contribution >= 4 is 5.91 Å². The largest absolute Gasteiger partial charge is 0.430 e. The Morgan fingerprint density at radius 1 is 1.26 bits per heavy atom. The van der Waals surface area contributed by atoms with E-state index in [1.807, 2.05) is 0 Å². The van der Waals surface area contributed by atoms with Crippen molar-refractivity contribution in [3.05, 3.63) is 47.7 Å². The minimum Gasteiger partial charge on any atom is -0.356 e. The molecule has 126 valence electrons. The van der Waals surface area contributed by atoms with Gasteiger partial charge in [-0.3, -0.25) is 4.79 Å². The lowest BCUT2D eigenvalue weighted by Gasteiger charge is -2.41. The average molecular weight is 327 g/mol. The van der Waals surface area contributed by atoms with E-state index in [0.717, 1.165) is 13.5 Å². The second-order valence-electron chi connectivity index (χ2n) is 5.70. The van der Waals surface area contributed by atoms with Gasteiger partial charge in [0.05, 0.1) is 0 Å². The van der Waals surface area contributed by atoms with E-state index in [2.05, 4.69) is 0 Å². The molecule has 1 aromatic carbocycles. The fraction of sp³-hybridized carbons (Fsp3) is 0.471. The number of rotatable bonds is 3. The number of carbonyl (C=O) groups excluding carboxylic acids is 1. The summed E-state index contributed by atoms with van der Waals surface area (Å²) in [5.74, 6) is -1.10. The first kappa shape index (κ1) is 17.5. The standard InChI is InChI=1S/C17H20F3NO2/c1-12-8-7-9-13(2)21(12)15(22)16(23-3,17(18,19)20)14-10-5-4-6-11-14/h4-6,8,10-11,13H,7,9H2,1-3H3/t13-,16+/m0/s1. The number of ether oxygens (including phenoxy) is 1. The first-order valence-corrected chi connectivity index (χ1v) is 7.43. The molecule has 0 unspecified atom stereocenters. The lowest BCUT2D eigenvalue weighted by Crippen LogP contribution is -2.58. The summed E-state index contributed by atoms with van der Waals surface area (Å²) in [6, 6.07) is 6.74. The summed E-state index contributed by atoms with van der Waals surface area (Å²) in [5.41, 5.74) is -2.70. The van der Waals surface area contributed by atoms with Crippen LogP contribution in [0.5, 0.6) is 0 Å². The monoisotopic (exact) mass is 327 g/mol. The van der Waals surface area contributed by atoms with Gasteiger partial charge in [0.25, 0.3) is 11.5 Å². The quantitative estimate of drug-likeness (QED) is 0.840. The van der Waals surface area contributed by atoms with Gasteiger partial charge in [-0.15, -0.1) is 0 Å². The minimum atomic E-state index is -4.88. The molecule has 1 aliphatic heterocycles. The summed E-state index contributed by atoms with van der Waals surface area (Å²) in [7, 11) is 0.923. The van der Waals surface area contributed by atoms with Gasteiger partial charge in [0, 0.05) is 24.4 Å². The zero-order valence-electron chi connectivity index (χ0n) is 13.4. The number of hydrogen-bond acceptors (Lipinski definition) is 2. The Labute approximate surface area is 133 Å². The highest BCUT2D eigenvalue weighted by Crippen LogP contribution is 2.44. The van der Waals surface area contributed by atoms with Crippen LogP contribution in [0.25, 0.3) is 0 Å². The van der Waals surface area contributed by atoms with E-state index >= 15 is 0 Å². The zero-order chi connectivity index (χ0) is 17.3.